The van der Waals surface area contributed by atoms with E-state index in [-0.39, 0.29) is 0 Å². The molecule has 0 aromatic carbocycles. The molecule has 1 unspecified atom stereocenters. The van der Waals surface area contributed by atoms with Crippen LogP contribution in [0.5, 0.6) is 0 Å². The average Bonchev–Trinajstić information content (AvgIpc) is 2.33. The molecule has 1 aliphatic heterocycles. The van der Waals surface area contributed by atoms with Gasteiger partial charge in [-0.25, -0.2) is 0 Å². The molecule has 0 bridgehead atoms. The molecule has 2 aliphatic rings. The highest BCUT2D eigenvalue weighted by Crippen LogP contribution is 2.35. The number of hydrogen-bond acceptors (Lipinski definition) is 3. The van der Waals surface area contributed by atoms with Crippen LogP contribution in [0.3, 0.4) is 0 Å². The fraction of sp³-hybridized carbons (Fsp3) is 1.00. The molecule has 1 heterocycles. The Kier molecular flexibility index (Phi) is 4.11. The van der Waals surface area contributed by atoms with Crippen LogP contribution in [0.2, 0.25) is 0 Å². The second-order valence-corrected chi connectivity index (χ2v) is 6.23. The molecule has 1 saturated heterocycles. The number of rotatable bonds is 3. The molecule has 3 nitrogen and oxygen atoms in total. The lowest BCUT2D eigenvalue weighted by molar-refractivity contribution is -0.0480. The third-order valence-corrected chi connectivity index (χ3v) is 4.76. The SMILES string of the molecule is CCC(C)(O)CN1CCNCC12CCCCC2. The normalized spacial score (nSPS) is 29.1. The Balaban J connectivity index is 2.06. The van der Waals surface area contributed by atoms with E-state index in [0.717, 1.165) is 32.6 Å². The number of piperazine rings is 1. The van der Waals surface area contributed by atoms with Crippen molar-refractivity contribution < 1.29 is 5.11 Å². The van der Waals surface area contributed by atoms with Gasteiger partial charge in [0.1, 0.15) is 0 Å². The number of nitrogens with one attached hydrogen (secondary N) is 1. The van der Waals surface area contributed by atoms with E-state index < -0.39 is 5.60 Å². The Morgan fingerprint density at radius 2 is 2.00 bits per heavy atom. The van der Waals surface area contributed by atoms with Gasteiger partial charge < -0.3 is 10.4 Å². The molecule has 0 aromatic rings. The van der Waals surface area contributed by atoms with Crippen molar-refractivity contribution in [2.45, 2.75) is 63.5 Å². The Morgan fingerprint density at radius 3 is 2.65 bits per heavy atom. The van der Waals surface area contributed by atoms with E-state index in [1.165, 1.54) is 32.1 Å². The highest BCUT2D eigenvalue weighted by Gasteiger charge is 2.41. The summed E-state index contributed by atoms with van der Waals surface area (Å²) in [6.45, 7) is 8.18. The van der Waals surface area contributed by atoms with E-state index in [4.69, 9.17) is 0 Å². The monoisotopic (exact) mass is 240 g/mol. The second kappa shape index (κ2) is 5.25. The summed E-state index contributed by atoms with van der Waals surface area (Å²) < 4.78 is 0. The lowest BCUT2D eigenvalue weighted by Crippen LogP contribution is -2.64. The maximum atomic E-state index is 10.3. The largest absolute Gasteiger partial charge is 0.389 e. The molecule has 0 aromatic heterocycles. The van der Waals surface area contributed by atoms with Crippen molar-refractivity contribution in [1.82, 2.24) is 10.2 Å². The minimum absolute atomic E-state index is 0.343. The standard InChI is InChI=1S/C14H28N2O/c1-3-13(2,17)12-16-10-9-15-11-14(16)7-5-4-6-8-14/h15,17H,3-12H2,1-2H3. The number of nitrogens with zero attached hydrogens (tertiary/aromatic N) is 1. The van der Waals surface area contributed by atoms with Crippen LogP contribution >= 0.6 is 0 Å². The highest BCUT2D eigenvalue weighted by molar-refractivity contribution is 4.99. The van der Waals surface area contributed by atoms with Crippen molar-refractivity contribution >= 4 is 0 Å². The van der Waals surface area contributed by atoms with Crippen molar-refractivity contribution in [2.24, 2.45) is 0 Å². The summed E-state index contributed by atoms with van der Waals surface area (Å²) in [5, 5.41) is 13.9. The van der Waals surface area contributed by atoms with Gasteiger partial charge in [0.15, 0.2) is 0 Å². The summed E-state index contributed by atoms with van der Waals surface area (Å²) in [4.78, 5) is 2.58. The van der Waals surface area contributed by atoms with Gasteiger partial charge in [0.25, 0.3) is 0 Å². The summed E-state index contributed by atoms with van der Waals surface area (Å²) >= 11 is 0. The van der Waals surface area contributed by atoms with Gasteiger partial charge in [-0.2, -0.15) is 0 Å². The fourth-order valence-corrected chi connectivity index (χ4v) is 3.36. The smallest absolute Gasteiger partial charge is 0.0743 e. The van der Waals surface area contributed by atoms with Crippen LogP contribution < -0.4 is 5.32 Å². The van der Waals surface area contributed by atoms with Crippen LogP contribution in [0.4, 0.5) is 0 Å². The summed E-state index contributed by atoms with van der Waals surface area (Å²) in [7, 11) is 0. The maximum Gasteiger partial charge on any atom is 0.0743 e. The molecule has 2 rings (SSSR count). The van der Waals surface area contributed by atoms with Gasteiger partial charge in [0.2, 0.25) is 0 Å². The minimum Gasteiger partial charge on any atom is -0.389 e. The maximum absolute atomic E-state index is 10.3. The van der Waals surface area contributed by atoms with E-state index in [1.54, 1.807) is 0 Å². The van der Waals surface area contributed by atoms with Gasteiger partial charge in [-0.1, -0.05) is 26.2 Å². The van der Waals surface area contributed by atoms with E-state index in [0.29, 0.717) is 5.54 Å². The molecular formula is C14H28N2O. The quantitative estimate of drug-likeness (QED) is 0.789. The topological polar surface area (TPSA) is 35.5 Å². The first kappa shape index (κ1) is 13.3. The number of aliphatic hydroxyl groups is 1. The molecule has 3 heteroatoms. The Morgan fingerprint density at radius 1 is 1.29 bits per heavy atom. The van der Waals surface area contributed by atoms with Crippen molar-refractivity contribution in [1.29, 1.82) is 0 Å². The van der Waals surface area contributed by atoms with Crippen LogP contribution in [-0.4, -0.2) is 47.3 Å². The van der Waals surface area contributed by atoms with Crippen molar-refractivity contribution in [3.63, 3.8) is 0 Å². The first-order valence-corrected chi connectivity index (χ1v) is 7.26. The zero-order chi connectivity index (χ0) is 12.4. The van der Waals surface area contributed by atoms with E-state index in [9.17, 15) is 5.11 Å². The van der Waals surface area contributed by atoms with Crippen LogP contribution in [0, 0.1) is 0 Å². The average molecular weight is 240 g/mol. The van der Waals surface area contributed by atoms with Crippen molar-refractivity contribution in [3.05, 3.63) is 0 Å². The van der Waals surface area contributed by atoms with Gasteiger partial charge in [-0.15, -0.1) is 0 Å². The lowest BCUT2D eigenvalue weighted by Gasteiger charge is -2.51. The van der Waals surface area contributed by atoms with Crippen molar-refractivity contribution in [2.75, 3.05) is 26.2 Å². The Hall–Kier alpha value is -0.120. The van der Waals surface area contributed by atoms with E-state index in [2.05, 4.69) is 17.1 Å². The van der Waals surface area contributed by atoms with Crippen LogP contribution in [0.1, 0.15) is 52.4 Å². The van der Waals surface area contributed by atoms with Gasteiger partial charge in [-0.05, 0) is 26.2 Å². The Labute approximate surface area is 106 Å². The van der Waals surface area contributed by atoms with Crippen molar-refractivity contribution in [3.8, 4) is 0 Å². The molecule has 0 amide bonds. The minimum atomic E-state index is -0.526. The van der Waals surface area contributed by atoms with Gasteiger partial charge in [0, 0.05) is 31.7 Å². The highest BCUT2D eigenvalue weighted by atomic mass is 16.3. The summed E-state index contributed by atoms with van der Waals surface area (Å²) in [5.74, 6) is 0. The van der Waals surface area contributed by atoms with Gasteiger partial charge in [-0.3, -0.25) is 4.90 Å². The zero-order valence-corrected chi connectivity index (χ0v) is 11.5. The molecule has 100 valence electrons. The van der Waals surface area contributed by atoms with Crippen LogP contribution in [0.15, 0.2) is 0 Å². The molecule has 1 saturated carbocycles. The fourth-order valence-electron chi connectivity index (χ4n) is 3.36. The third kappa shape index (κ3) is 3.01. The molecule has 1 aliphatic carbocycles. The molecule has 1 spiro atoms. The predicted molar refractivity (Wildman–Crippen MR) is 71.2 cm³/mol. The lowest BCUT2D eigenvalue weighted by atomic mass is 9.78. The first-order chi connectivity index (χ1) is 8.08. The predicted octanol–water partition coefficient (Wildman–Crippen LogP) is 1.76. The van der Waals surface area contributed by atoms with Crippen LogP contribution in [-0.2, 0) is 0 Å². The molecule has 2 fully saturated rings. The Bertz CT molecular complexity index is 238. The third-order valence-electron chi connectivity index (χ3n) is 4.76. The number of hydrogen-bond donors (Lipinski definition) is 2. The van der Waals surface area contributed by atoms with E-state index in [1.807, 2.05) is 6.92 Å². The first-order valence-electron chi connectivity index (χ1n) is 7.26. The molecule has 0 radical (unpaired) electrons. The molecule has 17 heavy (non-hydrogen) atoms. The molecule has 2 N–H and O–H groups in total. The molecule has 1 atom stereocenters. The van der Waals surface area contributed by atoms with Crippen LogP contribution in [0.25, 0.3) is 0 Å². The zero-order valence-electron chi connectivity index (χ0n) is 11.5. The number of β-amino-alcohol motifs (C(OH)–C–C–N with tert-alkyl or cyclic N) is 1. The van der Waals surface area contributed by atoms with Gasteiger partial charge in [0.05, 0.1) is 5.60 Å². The second-order valence-electron chi connectivity index (χ2n) is 6.23. The summed E-state index contributed by atoms with van der Waals surface area (Å²) in [6.07, 6.45) is 7.55. The molecular weight excluding hydrogens is 212 g/mol. The van der Waals surface area contributed by atoms with E-state index >= 15 is 0 Å². The van der Waals surface area contributed by atoms with Gasteiger partial charge >= 0.3 is 0 Å². The summed E-state index contributed by atoms with van der Waals surface area (Å²) in [5.41, 5.74) is -0.183. The summed E-state index contributed by atoms with van der Waals surface area (Å²) in [6, 6.07) is 0.